The van der Waals surface area contributed by atoms with Gasteiger partial charge in [-0.15, -0.1) is 0 Å². The molecule has 7 heteroatoms. The average Bonchev–Trinajstić information content (AvgIpc) is 2.63. The molecule has 0 amide bonds. The lowest BCUT2D eigenvalue weighted by molar-refractivity contribution is 0.186. The highest BCUT2D eigenvalue weighted by atomic mass is 32.2. The lowest BCUT2D eigenvalue weighted by Crippen LogP contribution is -2.49. The van der Waals surface area contributed by atoms with Crippen LogP contribution in [0.3, 0.4) is 0 Å². The lowest BCUT2D eigenvalue weighted by Gasteiger charge is -2.42. The molecule has 0 aliphatic carbocycles. The molecule has 4 heterocycles. The first kappa shape index (κ1) is 17.4. The van der Waals surface area contributed by atoms with Crippen LogP contribution in [0.2, 0.25) is 0 Å². The smallest absolute Gasteiger partial charge is 0.258 e. The highest BCUT2D eigenvalue weighted by Gasteiger charge is 2.38. The van der Waals surface area contributed by atoms with E-state index in [0.29, 0.717) is 31.6 Å². The van der Waals surface area contributed by atoms with Gasteiger partial charge in [-0.3, -0.25) is 9.78 Å². The Balaban J connectivity index is 1.70. The number of nitrogens with zero attached hydrogens (tertiary/aromatic N) is 3. The van der Waals surface area contributed by atoms with E-state index in [4.69, 9.17) is 0 Å². The van der Waals surface area contributed by atoms with Crippen LogP contribution in [-0.4, -0.2) is 41.1 Å². The Morgan fingerprint density at radius 3 is 2.77 bits per heavy atom. The topological polar surface area (TPSA) is 72.3 Å². The number of piperidine rings is 1. The Bertz CT molecular complexity index is 969. The average molecular weight is 373 g/mol. The van der Waals surface area contributed by atoms with Crippen LogP contribution >= 0.6 is 0 Å². The molecule has 2 aromatic rings. The van der Waals surface area contributed by atoms with Crippen LogP contribution in [0.5, 0.6) is 0 Å². The molecule has 4 rings (SSSR count). The van der Waals surface area contributed by atoms with Crippen molar-refractivity contribution >= 4 is 10.0 Å². The highest BCUT2D eigenvalue weighted by Crippen LogP contribution is 2.36. The van der Waals surface area contributed by atoms with Gasteiger partial charge in [0, 0.05) is 54.8 Å². The van der Waals surface area contributed by atoms with Gasteiger partial charge in [0.05, 0.1) is 5.75 Å². The minimum atomic E-state index is -3.20. The number of pyridine rings is 2. The molecule has 2 aliphatic heterocycles. The monoisotopic (exact) mass is 373 g/mol. The second-order valence-corrected chi connectivity index (χ2v) is 9.35. The molecule has 0 radical (unpaired) electrons. The van der Waals surface area contributed by atoms with E-state index < -0.39 is 10.0 Å². The largest absolute Gasteiger partial charge is 0.311 e. The van der Waals surface area contributed by atoms with Crippen LogP contribution in [0.25, 0.3) is 11.1 Å². The standard InChI is InChI=1S/C19H23N3O3S/c1-2-8-26(24,25)21-11-14-9-16(13-21)18-6-5-17(19(23)22(18)12-14)15-4-3-7-20-10-15/h3-7,10,14,16H,2,8-9,11-13H2,1H3/t14-,16-/m1/s1. The summed E-state index contributed by atoms with van der Waals surface area (Å²) < 4.78 is 28.5. The molecule has 1 saturated heterocycles. The summed E-state index contributed by atoms with van der Waals surface area (Å²) in [5.41, 5.74) is 2.42. The maximum Gasteiger partial charge on any atom is 0.258 e. The van der Waals surface area contributed by atoms with Gasteiger partial charge < -0.3 is 4.57 Å². The molecule has 0 N–H and O–H groups in total. The molecule has 138 valence electrons. The van der Waals surface area contributed by atoms with Crippen molar-refractivity contribution < 1.29 is 8.42 Å². The SMILES string of the molecule is CCCS(=O)(=O)N1C[C@H]2C[C@H](C1)c1ccc(-c3cccnc3)c(=O)n1C2. The molecule has 0 unspecified atom stereocenters. The maximum atomic E-state index is 13.0. The first-order valence-electron chi connectivity index (χ1n) is 9.11. The maximum absolute atomic E-state index is 13.0. The van der Waals surface area contributed by atoms with E-state index in [0.717, 1.165) is 17.7 Å². The van der Waals surface area contributed by atoms with Crippen LogP contribution in [0, 0.1) is 5.92 Å². The second kappa shape index (κ2) is 6.63. The third-order valence-corrected chi connectivity index (χ3v) is 7.41. The fraction of sp³-hybridized carbons (Fsp3) is 0.474. The van der Waals surface area contributed by atoms with Gasteiger partial charge in [-0.05, 0) is 37.0 Å². The van der Waals surface area contributed by atoms with Gasteiger partial charge in [-0.2, -0.15) is 0 Å². The third-order valence-electron chi connectivity index (χ3n) is 5.40. The number of rotatable bonds is 4. The van der Waals surface area contributed by atoms with Gasteiger partial charge >= 0.3 is 0 Å². The molecule has 0 saturated carbocycles. The zero-order valence-electron chi connectivity index (χ0n) is 14.8. The normalized spacial score (nSPS) is 22.8. The Labute approximate surface area is 153 Å². The molecule has 2 bridgehead atoms. The van der Waals surface area contributed by atoms with E-state index in [1.54, 1.807) is 16.7 Å². The van der Waals surface area contributed by atoms with Gasteiger partial charge in [-0.25, -0.2) is 12.7 Å². The number of hydrogen-bond donors (Lipinski definition) is 0. The summed E-state index contributed by atoms with van der Waals surface area (Å²) in [6, 6.07) is 7.55. The van der Waals surface area contributed by atoms with Gasteiger partial charge in [0.1, 0.15) is 0 Å². The minimum absolute atomic E-state index is 0.00457. The van der Waals surface area contributed by atoms with Crippen molar-refractivity contribution in [1.29, 1.82) is 0 Å². The van der Waals surface area contributed by atoms with E-state index >= 15 is 0 Å². The third kappa shape index (κ3) is 2.99. The summed E-state index contributed by atoms with van der Waals surface area (Å²) in [4.78, 5) is 17.1. The molecule has 0 spiro atoms. The van der Waals surface area contributed by atoms with Crippen LogP contribution in [0.1, 0.15) is 31.4 Å². The number of hydrogen-bond acceptors (Lipinski definition) is 4. The minimum Gasteiger partial charge on any atom is -0.311 e. The first-order valence-corrected chi connectivity index (χ1v) is 10.7. The first-order chi connectivity index (χ1) is 12.5. The van der Waals surface area contributed by atoms with Crippen LogP contribution in [-0.2, 0) is 16.6 Å². The van der Waals surface area contributed by atoms with E-state index in [1.807, 2.05) is 35.8 Å². The fourth-order valence-corrected chi connectivity index (χ4v) is 5.88. The summed E-state index contributed by atoms with van der Waals surface area (Å²) in [7, 11) is -3.20. The van der Waals surface area contributed by atoms with Gasteiger partial charge in [0.25, 0.3) is 5.56 Å². The second-order valence-electron chi connectivity index (χ2n) is 7.26. The van der Waals surface area contributed by atoms with Gasteiger partial charge in [-0.1, -0.05) is 13.0 Å². The van der Waals surface area contributed by atoms with E-state index in [1.165, 1.54) is 0 Å². The highest BCUT2D eigenvalue weighted by molar-refractivity contribution is 7.89. The number of fused-ring (bicyclic) bond motifs is 4. The zero-order chi connectivity index (χ0) is 18.3. The van der Waals surface area contributed by atoms with E-state index in [2.05, 4.69) is 4.98 Å². The van der Waals surface area contributed by atoms with Crippen molar-refractivity contribution in [3.8, 4) is 11.1 Å². The Morgan fingerprint density at radius 1 is 1.19 bits per heavy atom. The molecule has 26 heavy (non-hydrogen) atoms. The zero-order valence-corrected chi connectivity index (χ0v) is 15.7. The molecule has 2 atom stereocenters. The number of aromatic nitrogens is 2. The number of sulfonamides is 1. The summed E-state index contributed by atoms with van der Waals surface area (Å²) >= 11 is 0. The molecular weight excluding hydrogens is 350 g/mol. The van der Waals surface area contributed by atoms with E-state index in [9.17, 15) is 13.2 Å². The Kier molecular flexibility index (Phi) is 4.44. The molecule has 6 nitrogen and oxygen atoms in total. The summed E-state index contributed by atoms with van der Waals surface area (Å²) in [5, 5.41) is 0. The van der Waals surface area contributed by atoms with Crippen LogP contribution in [0.15, 0.2) is 41.5 Å². The summed E-state index contributed by atoms with van der Waals surface area (Å²) in [5.74, 6) is 0.471. The quantitative estimate of drug-likeness (QED) is 0.822. The van der Waals surface area contributed by atoms with E-state index in [-0.39, 0.29) is 23.1 Å². The Hall–Kier alpha value is -1.99. The predicted molar refractivity (Wildman–Crippen MR) is 100 cm³/mol. The van der Waals surface area contributed by atoms with Crippen molar-refractivity contribution in [2.24, 2.45) is 5.92 Å². The molecule has 0 aromatic carbocycles. The molecule has 2 aromatic heterocycles. The van der Waals surface area contributed by atoms with Gasteiger partial charge in [0.15, 0.2) is 0 Å². The van der Waals surface area contributed by atoms with Crippen molar-refractivity contribution in [2.75, 3.05) is 18.8 Å². The van der Waals surface area contributed by atoms with Crippen molar-refractivity contribution in [3.05, 3.63) is 52.7 Å². The Morgan fingerprint density at radius 2 is 2.04 bits per heavy atom. The van der Waals surface area contributed by atoms with Crippen LogP contribution in [0.4, 0.5) is 0 Å². The van der Waals surface area contributed by atoms with Crippen molar-refractivity contribution in [3.63, 3.8) is 0 Å². The predicted octanol–water partition coefficient (Wildman–Crippen LogP) is 2.07. The van der Waals surface area contributed by atoms with Crippen molar-refractivity contribution in [2.45, 2.75) is 32.2 Å². The lowest BCUT2D eigenvalue weighted by atomic mass is 9.84. The molecular formula is C19H23N3O3S. The summed E-state index contributed by atoms with van der Waals surface area (Å²) in [6.07, 6.45) is 4.96. The molecule has 2 aliphatic rings. The fourth-order valence-electron chi connectivity index (χ4n) is 4.26. The summed E-state index contributed by atoms with van der Waals surface area (Å²) in [6.45, 7) is 3.46. The van der Waals surface area contributed by atoms with Crippen LogP contribution < -0.4 is 5.56 Å². The van der Waals surface area contributed by atoms with Gasteiger partial charge in [0.2, 0.25) is 10.0 Å². The van der Waals surface area contributed by atoms with Crippen molar-refractivity contribution in [1.82, 2.24) is 13.9 Å². The molecule has 1 fully saturated rings.